The average molecular weight is 368 g/mol. The standard InChI is InChI=1S/C16H11F3N2O3S/c17-16(18,19)12-7-14(22)24-13-6-9(3-4-11(12)13)21-15(25)20-8-10-2-1-5-23-10/h1-7H,8H2,(H2,20,21,25). The van der Waals surface area contributed by atoms with Gasteiger partial charge in [0.1, 0.15) is 11.3 Å². The van der Waals surface area contributed by atoms with Gasteiger partial charge in [0.25, 0.3) is 0 Å². The molecule has 2 aromatic heterocycles. The van der Waals surface area contributed by atoms with Gasteiger partial charge < -0.3 is 19.5 Å². The lowest BCUT2D eigenvalue weighted by molar-refractivity contribution is -0.136. The number of furan rings is 1. The highest BCUT2D eigenvalue weighted by Crippen LogP contribution is 2.34. The van der Waals surface area contributed by atoms with Crippen LogP contribution in [0.1, 0.15) is 11.3 Å². The van der Waals surface area contributed by atoms with Crippen molar-refractivity contribution in [3.63, 3.8) is 0 Å². The minimum atomic E-state index is -4.65. The van der Waals surface area contributed by atoms with E-state index >= 15 is 0 Å². The van der Waals surface area contributed by atoms with Gasteiger partial charge in [-0.2, -0.15) is 13.2 Å². The molecule has 0 aliphatic heterocycles. The summed E-state index contributed by atoms with van der Waals surface area (Å²) in [5.41, 5.74) is -1.91. The number of nitrogens with one attached hydrogen (secondary N) is 2. The maximum atomic E-state index is 13.0. The molecule has 5 nitrogen and oxygen atoms in total. The van der Waals surface area contributed by atoms with Gasteiger partial charge in [0.15, 0.2) is 5.11 Å². The lowest BCUT2D eigenvalue weighted by atomic mass is 10.1. The lowest BCUT2D eigenvalue weighted by Crippen LogP contribution is -2.27. The molecule has 9 heteroatoms. The van der Waals surface area contributed by atoms with Crippen molar-refractivity contribution in [3.8, 4) is 0 Å². The molecule has 0 fully saturated rings. The van der Waals surface area contributed by atoms with Crippen molar-refractivity contribution in [3.05, 3.63) is 64.4 Å². The monoisotopic (exact) mass is 368 g/mol. The van der Waals surface area contributed by atoms with E-state index in [2.05, 4.69) is 10.6 Å². The summed E-state index contributed by atoms with van der Waals surface area (Å²) in [5, 5.41) is 5.73. The van der Waals surface area contributed by atoms with Crippen LogP contribution >= 0.6 is 12.2 Å². The Hall–Kier alpha value is -2.81. The van der Waals surface area contributed by atoms with Crippen molar-refractivity contribution >= 4 is 34.0 Å². The van der Waals surface area contributed by atoms with Crippen LogP contribution in [0, 0.1) is 0 Å². The fourth-order valence-electron chi connectivity index (χ4n) is 2.23. The summed E-state index contributed by atoms with van der Waals surface area (Å²) in [6, 6.07) is 7.85. The third-order valence-corrected chi connectivity index (χ3v) is 3.56. The SMILES string of the molecule is O=c1cc(C(F)(F)F)c2ccc(NC(=S)NCc3ccco3)cc2o1. The molecule has 0 aliphatic rings. The Labute approximate surface area is 144 Å². The second kappa shape index (κ2) is 6.60. The topological polar surface area (TPSA) is 67.4 Å². The van der Waals surface area contributed by atoms with Crippen LogP contribution in [0.3, 0.4) is 0 Å². The highest BCUT2D eigenvalue weighted by molar-refractivity contribution is 7.80. The zero-order valence-electron chi connectivity index (χ0n) is 12.5. The van der Waals surface area contributed by atoms with E-state index in [9.17, 15) is 18.0 Å². The molecule has 3 aromatic rings. The first-order valence-electron chi connectivity index (χ1n) is 7.05. The predicted octanol–water partition coefficient (Wildman–Crippen LogP) is 3.89. The third-order valence-electron chi connectivity index (χ3n) is 3.31. The van der Waals surface area contributed by atoms with E-state index in [4.69, 9.17) is 21.1 Å². The average Bonchev–Trinajstić information content (AvgIpc) is 3.04. The van der Waals surface area contributed by atoms with Crippen LogP contribution in [0.5, 0.6) is 0 Å². The first kappa shape index (κ1) is 17.0. The van der Waals surface area contributed by atoms with Gasteiger partial charge in [-0.25, -0.2) is 4.79 Å². The van der Waals surface area contributed by atoms with Gasteiger partial charge in [0, 0.05) is 23.2 Å². The first-order valence-corrected chi connectivity index (χ1v) is 7.46. The maximum absolute atomic E-state index is 13.0. The van der Waals surface area contributed by atoms with Gasteiger partial charge >= 0.3 is 11.8 Å². The third kappa shape index (κ3) is 4.00. The summed E-state index contributed by atoms with van der Waals surface area (Å²) in [6.45, 7) is 0.347. The van der Waals surface area contributed by atoms with E-state index in [1.54, 1.807) is 12.1 Å². The van der Waals surface area contributed by atoms with Gasteiger partial charge in [-0.05, 0) is 36.5 Å². The Morgan fingerprint density at radius 1 is 1.20 bits per heavy atom. The summed E-state index contributed by atoms with van der Waals surface area (Å²) in [5.74, 6) is 0.670. The fourth-order valence-corrected chi connectivity index (χ4v) is 2.42. The zero-order chi connectivity index (χ0) is 18.0. The number of rotatable bonds is 3. The van der Waals surface area contributed by atoms with Gasteiger partial charge in [0.2, 0.25) is 0 Å². The van der Waals surface area contributed by atoms with E-state index in [0.29, 0.717) is 24.1 Å². The second-order valence-corrected chi connectivity index (χ2v) is 5.48. The number of benzene rings is 1. The van der Waals surface area contributed by atoms with E-state index in [1.165, 1.54) is 24.5 Å². The normalized spacial score (nSPS) is 11.5. The molecule has 0 atom stereocenters. The predicted molar refractivity (Wildman–Crippen MR) is 89.3 cm³/mol. The van der Waals surface area contributed by atoms with E-state index in [-0.39, 0.29) is 16.1 Å². The van der Waals surface area contributed by atoms with Crippen LogP contribution < -0.4 is 16.3 Å². The molecule has 0 amide bonds. The number of hydrogen-bond donors (Lipinski definition) is 2. The molecule has 0 bridgehead atoms. The highest BCUT2D eigenvalue weighted by atomic mass is 32.1. The Kier molecular flexibility index (Phi) is 4.49. The summed E-state index contributed by atoms with van der Waals surface area (Å²) < 4.78 is 49.0. The molecule has 3 rings (SSSR count). The second-order valence-electron chi connectivity index (χ2n) is 5.07. The molecular formula is C16H11F3N2O3S. The molecule has 0 aliphatic carbocycles. The molecular weight excluding hydrogens is 357 g/mol. The Morgan fingerprint density at radius 3 is 2.68 bits per heavy atom. The van der Waals surface area contributed by atoms with Crippen molar-refractivity contribution in [2.24, 2.45) is 0 Å². The minimum Gasteiger partial charge on any atom is -0.467 e. The van der Waals surface area contributed by atoms with Crippen molar-refractivity contribution in [1.82, 2.24) is 5.32 Å². The fraction of sp³-hybridized carbons (Fsp3) is 0.125. The number of hydrogen-bond acceptors (Lipinski definition) is 4. The van der Waals surface area contributed by atoms with Crippen LogP contribution in [-0.2, 0) is 12.7 Å². The van der Waals surface area contributed by atoms with Crippen molar-refractivity contribution in [1.29, 1.82) is 0 Å². The summed E-state index contributed by atoms with van der Waals surface area (Å²) in [7, 11) is 0. The smallest absolute Gasteiger partial charge is 0.417 e. The largest absolute Gasteiger partial charge is 0.467 e. The van der Waals surface area contributed by atoms with Crippen LogP contribution in [0.15, 0.2) is 56.3 Å². The number of alkyl halides is 3. The molecule has 0 spiro atoms. The Morgan fingerprint density at radius 2 is 2.00 bits per heavy atom. The molecule has 0 radical (unpaired) electrons. The van der Waals surface area contributed by atoms with Crippen molar-refractivity contribution in [2.75, 3.05) is 5.32 Å². The molecule has 2 heterocycles. The number of fused-ring (bicyclic) bond motifs is 1. The van der Waals surface area contributed by atoms with Crippen LogP contribution in [0.25, 0.3) is 11.0 Å². The number of thiocarbonyl (C=S) groups is 1. The Balaban J connectivity index is 1.81. The molecule has 0 saturated carbocycles. The summed E-state index contributed by atoms with van der Waals surface area (Å²) in [6.07, 6.45) is -3.12. The molecule has 0 unspecified atom stereocenters. The maximum Gasteiger partial charge on any atom is 0.417 e. The van der Waals surface area contributed by atoms with Crippen molar-refractivity contribution in [2.45, 2.75) is 12.7 Å². The summed E-state index contributed by atoms with van der Waals surface area (Å²) >= 11 is 5.11. The number of halogens is 3. The van der Waals surface area contributed by atoms with Crippen LogP contribution in [0.4, 0.5) is 18.9 Å². The molecule has 2 N–H and O–H groups in total. The zero-order valence-corrected chi connectivity index (χ0v) is 13.3. The van der Waals surface area contributed by atoms with Crippen LogP contribution in [0.2, 0.25) is 0 Å². The highest BCUT2D eigenvalue weighted by Gasteiger charge is 2.33. The van der Waals surface area contributed by atoms with Crippen molar-refractivity contribution < 1.29 is 22.0 Å². The summed E-state index contributed by atoms with van der Waals surface area (Å²) in [4.78, 5) is 11.4. The first-order chi connectivity index (χ1) is 11.8. The molecule has 130 valence electrons. The van der Waals surface area contributed by atoms with E-state index in [0.717, 1.165) is 0 Å². The number of anilines is 1. The quantitative estimate of drug-likeness (QED) is 0.540. The van der Waals surface area contributed by atoms with Gasteiger partial charge in [0.05, 0.1) is 18.4 Å². The van der Waals surface area contributed by atoms with E-state index in [1.807, 2.05) is 0 Å². The Bertz CT molecular complexity index is 965. The van der Waals surface area contributed by atoms with Gasteiger partial charge in [-0.15, -0.1) is 0 Å². The van der Waals surface area contributed by atoms with Gasteiger partial charge in [-0.1, -0.05) is 0 Å². The van der Waals surface area contributed by atoms with E-state index < -0.39 is 17.4 Å². The minimum absolute atomic E-state index is 0.182. The molecule has 0 saturated heterocycles. The molecule has 25 heavy (non-hydrogen) atoms. The lowest BCUT2D eigenvalue weighted by Gasteiger charge is -2.12. The van der Waals surface area contributed by atoms with Gasteiger partial charge in [-0.3, -0.25) is 0 Å². The molecule has 1 aromatic carbocycles. The van der Waals surface area contributed by atoms with Crippen LogP contribution in [-0.4, -0.2) is 5.11 Å².